The van der Waals surface area contributed by atoms with Crippen LogP contribution in [0.25, 0.3) is 0 Å². The Labute approximate surface area is 195 Å². The predicted molar refractivity (Wildman–Crippen MR) is 126 cm³/mol. The summed E-state index contributed by atoms with van der Waals surface area (Å²) in [6, 6.07) is 17.3. The zero-order valence-electron chi connectivity index (χ0n) is 19.4. The number of rotatable bonds is 9. The summed E-state index contributed by atoms with van der Waals surface area (Å²) in [5.41, 5.74) is 2.66. The van der Waals surface area contributed by atoms with Gasteiger partial charge in [0.2, 0.25) is 5.91 Å². The lowest BCUT2D eigenvalue weighted by atomic mass is 9.96. The van der Waals surface area contributed by atoms with Crippen molar-refractivity contribution in [1.29, 1.82) is 0 Å². The molecule has 0 aromatic heterocycles. The Hall–Kier alpha value is -3.19. The van der Waals surface area contributed by atoms with Crippen LogP contribution in [0.15, 0.2) is 54.6 Å². The summed E-state index contributed by atoms with van der Waals surface area (Å²) >= 11 is 0. The van der Waals surface area contributed by atoms with Gasteiger partial charge in [-0.25, -0.2) is 0 Å². The molecule has 3 rings (SSSR count). The molecule has 1 saturated heterocycles. The van der Waals surface area contributed by atoms with Crippen molar-refractivity contribution in [2.45, 2.75) is 32.7 Å². The van der Waals surface area contributed by atoms with Gasteiger partial charge in [-0.3, -0.25) is 14.4 Å². The monoisotopic (exact) mass is 452 g/mol. The van der Waals surface area contributed by atoms with E-state index in [-0.39, 0.29) is 36.7 Å². The summed E-state index contributed by atoms with van der Waals surface area (Å²) in [6.07, 6.45) is 1.56. The van der Waals surface area contributed by atoms with Crippen LogP contribution in [0.5, 0.6) is 0 Å². The number of esters is 1. The van der Waals surface area contributed by atoms with Gasteiger partial charge >= 0.3 is 5.97 Å². The van der Waals surface area contributed by atoms with Gasteiger partial charge in [-0.05, 0) is 43.0 Å². The number of methoxy groups -OCH3 is 1. The van der Waals surface area contributed by atoms with E-state index in [1.807, 2.05) is 59.5 Å². The molecule has 176 valence electrons. The summed E-state index contributed by atoms with van der Waals surface area (Å²) in [4.78, 5) is 40.8. The molecule has 1 heterocycles. The quantitative estimate of drug-likeness (QED) is 0.546. The van der Waals surface area contributed by atoms with Gasteiger partial charge < -0.3 is 19.3 Å². The minimum Gasteiger partial charge on any atom is -0.466 e. The van der Waals surface area contributed by atoms with E-state index in [0.717, 1.165) is 16.8 Å². The van der Waals surface area contributed by atoms with Crippen molar-refractivity contribution in [3.05, 3.63) is 65.7 Å². The number of carbonyl (C=O) groups excluding carboxylic acids is 3. The van der Waals surface area contributed by atoms with Gasteiger partial charge in [0.25, 0.3) is 5.91 Å². The second-order valence-electron chi connectivity index (χ2n) is 8.15. The zero-order chi connectivity index (χ0) is 23.6. The maximum Gasteiger partial charge on any atom is 0.309 e. The van der Waals surface area contributed by atoms with E-state index < -0.39 is 0 Å². The van der Waals surface area contributed by atoms with Crippen LogP contribution in [0.1, 0.15) is 30.9 Å². The molecule has 0 radical (unpaired) electrons. The summed E-state index contributed by atoms with van der Waals surface area (Å²) in [7, 11) is 1.50. The SMILES string of the molecule is CCOC(=O)C1CCN(C(=O)Cc2ccc(N(Cc3ccccc3)C(=O)COC)cc2)CC1. The topological polar surface area (TPSA) is 76.2 Å². The number of carbonyl (C=O) groups is 3. The summed E-state index contributed by atoms with van der Waals surface area (Å²) < 4.78 is 10.1. The first-order valence-corrected chi connectivity index (χ1v) is 11.4. The van der Waals surface area contributed by atoms with E-state index in [1.165, 1.54) is 7.11 Å². The number of ether oxygens (including phenoxy) is 2. The smallest absolute Gasteiger partial charge is 0.309 e. The Balaban J connectivity index is 1.60. The Morgan fingerprint density at radius 3 is 2.24 bits per heavy atom. The Kier molecular flexibility index (Phi) is 9.01. The van der Waals surface area contributed by atoms with Gasteiger partial charge in [0.15, 0.2) is 0 Å². The van der Waals surface area contributed by atoms with Crippen molar-refractivity contribution < 1.29 is 23.9 Å². The number of hydrogen-bond donors (Lipinski definition) is 0. The average molecular weight is 453 g/mol. The van der Waals surface area contributed by atoms with Crippen LogP contribution >= 0.6 is 0 Å². The van der Waals surface area contributed by atoms with Crippen molar-refractivity contribution in [3.63, 3.8) is 0 Å². The molecule has 7 heteroatoms. The van der Waals surface area contributed by atoms with Crippen molar-refractivity contribution in [1.82, 2.24) is 4.90 Å². The van der Waals surface area contributed by atoms with Gasteiger partial charge in [0.05, 0.1) is 25.5 Å². The highest BCUT2D eigenvalue weighted by Crippen LogP contribution is 2.22. The Morgan fingerprint density at radius 1 is 0.970 bits per heavy atom. The van der Waals surface area contributed by atoms with E-state index in [4.69, 9.17) is 9.47 Å². The molecule has 2 amide bonds. The minimum absolute atomic E-state index is 0.00513. The van der Waals surface area contributed by atoms with Crippen LogP contribution in [0.4, 0.5) is 5.69 Å². The molecule has 1 aliphatic heterocycles. The standard InChI is InChI=1S/C26H32N2O5/c1-3-33-26(31)22-13-15-27(16-14-22)24(29)17-20-9-11-23(12-10-20)28(25(30)19-32-2)18-21-7-5-4-6-8-21/h4-12,22H,3,13-19H2,1-2H3. The average Bonchev–Trinajstić information content (AvgIpc) is 2.84. The number of likely N-dealkylation sites (tertiary alicyclic amines) is 1. The molecule has 1 aliphatic rings. The lowest BCUT2D eigenvalue weighted by molar-refractivity contribution is -0.151. The van der Waals surface area contributed by atoms with Crippen LogP contribution in [-0.2, 0) is 36.8 Å². The van der Waals surface area contributed by atoms with Crippen LogP contribution < -0.4 is 4.90 Å². The molecule has 0 N–H and O–H groups in total. The third kappa shape index (κ3) is 6.89. The minimum atomic E-state index is -0.164. The number of benzene rings is 2. The van der Waals surface area contributed by atoms with Gasteiger partial charge in [-0.15, -0.1) is 0 Å². The summed E-state index contributed by atoms with van der Waals surface area (Å²) in [5.74, 6) is -0.368. The van der Waals surface area contributed by atoms with Crippen molar-refractivity contribution in [2.24, 2.45) is 5.92 Å². The maximum atomic E-state index is 12.8. The number of piperidine rings is 1. The number of nitrogens with zero attached hydrogens (tertiary/aromatic N) is 2. The maximum absolute atomic E-state index is 12.8. The number of hydrogen-bond acceptors (Lipinski definition) is 5. The second kappa shape index (κ2) is 12.2. The lowest BCUT2D eigenvalue weighted by Crippen LogP contribution is -2.41. The van der Waals surface area contributed by atoms with Gasteiger partial charge in [-0.1, -0.05) is 42.5 Å². The third-order valence-corrected chi connectivity index (χ3v) is 5.82. The first-order chi connectivity index (χ1) is 16.0. The third-order valence-electron chi connectivity index (χ3n) is 5.82. The van der Waals surface area contributed by atoms with E-state index in [0.29, 0.717) is 39.1 Å². The first kappa shape index (κ1) is 24.5. The van der Waals surface area contributed by atoms with Crippen molar-refractivity contribution >= 4 is 23.5 Å². The molecule has 0 bridgehead atoms. The fourth-order valence-electron chi connectivity index (χ4n) is 4.00. The van der Waals surface area contributed by atoms with Crippen LogP contribution in [-0.4, -0.2) is 56.1 Å². The molecule has 0 aliphatic carbocycles. The fraction of sp³-hybridized carbons (Fsp3) is 0.423. The zero-order valence-corrected chi connectivity index (χ0v) is 19.4. The summed E-state index contributed by atoms with van der Waals surface area (Å²) in [6.45, 7) is 3.75. The fourth-order valence-corrected chi connectivity index (χ4v) is 4.00. The highest BCUT2D eigenvalue weighted by molar-refractivity contribution is 5.94. The normalized spacial score (nSPS) is 14.1. The second-order valence-corrected chi connectivity index (χ2v) is 8.15. The van der Waals surface area contributed by atoms with Crippen molar-refractivity contribution in [3.8, 4) is 0 Å². The molecular weight excluding hydrogens is 420 g/mol. The van der Waals surface area contributed by atoms with E-state index in [2.05, 4.69) is 0 Å². The molecule has 0 saturated carbocycles. The van der Waals surface area contributed by atoms with E-state index in [1.54, 1.807) is 11.8 Å². The molecule has 1 fully saturated rings. The van der Waals surface area contributed by atoms with Crippen LogP contribution in [0.3, 0.4) is 0 Å². The van der Waals surface area contributed by atoms with Crippen LogP contribution in [0.2, 0.25) is 0 Å². The summed E-state index contributed by atoms with van der Waals surface area (Å²) in [5, 5.41) is 0. The molecule has 2 aromatic carbocycles. The molecule has 7 nitrogen and oxygen atoms in total. The Bertz CT molecular complexity index is 921. The first-order valence-electron chi connectivity index (χ1n) is 11.4. The molecular formula is C26H32N2O5. The largest absolute Gasteiger partial charge is 0.466 e. The van der Waals surface area contributed by atoms with Crippen molar-refractivity contribution in [2.75, 3.05) is 38.3 Å². The predicted octanol–water partition coefficient (Wildman–Crippen LogP) is 3.21. The molecule has 0 atom stereocenters. The molecule has 33 heavy (non-hydrogen) atoms. The Morgan fingerprint density at radius 2 is 1.64 bits per heavy atom. The van der Waals surface area contributed by atoms with Gasteiger partial charge in [0.1, 0.15) is 6.61 Å². The van der Waals surface area contributed by atoms with Gasteiger partial charge in [0, 0.05) is 25.9 Å². The molecule has 2 aromatic rings. The highest BCUT2D eigenvalue weighted by atomic mass is 16.5. The number of amides is 2. The van der Waals surface area contributed by atoms with Crippen LogP contribution in [0, 0.1) is 5.92 Å². The molecule has 0 unspecified atom stereocenters. The molecule has 0 spiro atoms. The highest BCUT2D eigenvalue weighted by Gasteiger charge is 2.28. The number of anilines is 1. The van der Waals surface area contributed by atoms with E-state index >= 15 is 0 Å². The lowest BCUT2D eigenvalue weighted by Gasteiger charge is -2.31. The van der Waals surface area contributed by atoms with Gasteiger partial charge in [-0.2, -0.15) is 0 Å². The van der Waals surface area contributed by atoms with E-state index in [9.17, 15) is 14.4 Å².